The number of benzene rings is 1. The number of rotatable bonds is 4. The van der Waals surface area contributed by atoms with Crippen LogP contribution in [0.2, 0.25) is 0 Å². The molecular weight excluding hydrogens is 547 g/mol. The standard InChI is InChI=1S/C28H32F3N3O7/c1-5-10(2)34-8-13-14(9-34)21(35)17-12(19(13)28(29,30)31)6-11-7-15-20(33(3)4)23(37)18(26(32)40)25(39)27(15,41)24(38)16(11)22(17)36/h10-11,15,20,35-36,39,41H,5-9H2,1-4H3,(H2,32,40)/t10-,11+,15+,20+,27+/m1/s1. The largest absolute Gasteiger partial charge is 0.508 e. The first-order chi connectivity index (χ1) is 19.0. The van der Waals surface area contributed by atoms with E-state index in [1.807, 2.05) is 13.8 Å². The number of alkyl halides is 3. The molecule has 0 spiro atoms. The highest BCUT2D eigenvalue weighted by molar-refractivity contribution is 6.24. The zero-order chi connectivity index (χ0) is 30.5. The Kier molecular flexibility index (Phi) is 6.59. The van der Waals surface area contributed by atoms with E-state index in [4.69, 9.17) is 5.73 Å². The zero-order valence-electron chi connectivity index (χ0n) is 23.0. The van der Waals surface area contributed by atoms with Crippen molar-refractivity contribution in [3.8, 4) is 5.75 Å². The van der Waals surface area contributed by atoms with Crippen molar-refractivity contribution in [2.45, 2.75) is 70.1 Å². The average Bonchev–Trinajstić information content (AvgIpc) is 3.29. The first-order valence-electron chi connectivity index (χ1n) is 13.3. The summed E-state index contributed by atoms with van der Waals surface area (Å²) in [5.74, 6) is -8.83. The normalized spacial score (nSPS) is 29.0. The molecule has 5 rings (SSSR count). The molecule has 41 heavy (non-hydrogen) atoms. The van der Waals surface area contributed by atoms with Gasteiger partial charge in [-0.15, -0.1) is 0 Å². The molecule has 1 fully saturated rings. The summed E-state index contributed by atoms with van der Waals surface area (Å²) in [6, 6.07) is -1.42. The Morgan fingerprint density at radius 1 is 1.15 bits per heavy atom. The van der Waals surface area contributed by atoms with Crippen LogP contribution in [0.25, 0.3) is 5.76 Å². The Balaban J connectivity index is 1.76. The summed E-state index contributed by atoms with van der Waals surface area (Å²) in [7, 11) is 2.89. The summed E-state index contributed by atoms with van der Waals surface area (Å²) in [4.78, 5) is 42.3. The van der Waals surface area contributed by atoms with E-state index >= 15 is 0 Å². The van der Waals surface area contributed by atoms with E-state index in [1.165, 1.54) is 19.0 Å². The molecule has 6 N–H and O–H groups in total. The van der Waals surface area contributed by atoms with Crippen LogP contribution in [-0.4, -0.2) is 79.5 Å². The van der Waals surface area contributed by atoms with Crippen molar-refractivity contribution in [2.75, 3.05) is 14.1 Å². The average molecular weight is 580 g/mol. The molecule has 0 saturated heterocycles. The van der Waals surface area contributed by atoms with Crippen LogP contribution in [0.15, 0.2) is 16.9 Å². The van der Waals surface area contributed by atoms with Gasteiger partial charge in [-0.25, -0.2) is 0 Å². The van der Waals surface area contributed by atoms with Crippen molar-refractivity contribution in [3.63, 3.8) is 0 Å². The monoisotopic (exact) mass is 579 g/mol. The molecule has 0 bridgehead atoms. The molecule has 10 nitrogen and oxygen atoms in total. The molecular formula is C28H32F3N3O7. The van der Waals surface area contributed by atoms with Crippen LogP contribution in [0.3, 0.4) is 0 Å². The maximum absolute atomic E-state index is 14.7. The highest BCUT2D eigenvalue weighted by atomic mass is 19.4. The van der Waals surface area contributed by atoms with Crippen LogP contribution in [0, 0.1) is 11.8 Å². The van der Waals surface area contributed by atoms with Gasteiger partial charge >= 0.3 is 6.18 Å². The summed E-state index contributed by atoms with van der Waals surface area (Å²) in [5, 5.41) is 45.2. The summed E-state index contributed by atoms with van der Waals surface area (Å²) in [6.07, 6.45) is -4.92. The molecule has 1 aliphatic heterocycles. The van der Waals surface area contributed by atoms with Gasteiger partial charge in [-0.1, -0.05) is 6.92 Å². The predicted octanol–water partition coefficient (Wildman–Crippen LogP) is 2.10. The summed E-state index contributed by atoms with van der Waals surface area (Å²) in [5.41, 5.74) is -0.990. The molecule has 3 aliphatic carbocycles. The number of fused-ring (bicyclic) bond motifs is 4. The zero-order valence-corrected chi connectivity index (χ0v) is 23.0. The third-order valence-corrected chi connectivity index (χ3v) is 9.33. The maximum atomic E-state index is 14.7. The highest BCUT2D eigenvalue weighted by Gasteiger charge is 2.64. The fourth-order valence-corrected chi connectivity index (χ4v) is 7.21. The molecule has 13 heteroatoms. The van der Waals surface area contributed by atoms with Crippen molar-refractivity contribution in [3.05, 3.63) is 44.7 Å². The molecule has 0 radical (unpaired) electrons. The molecule has 0 aromatic heterocycles. The first-order valence-corrected chi connectivity index (χ1v) is 13.3. The number of Topliss-reactive ketones (excluding diaryl/α,β-unsaturated/α-hetero) is 2. The molecule has 1 amide bonds. The van der Waals surface area contributed by atoms with Gasteiger partial charge in [0, 0.05) is 36.2 Å². The van der Waals surface area contributed by atoms with Crippen LogP contribution < -0.4 is 5.73 Å². The number of nitrogens with zero attached hydrogens (tertiary/aromatic N) is 2. The van der Waals surface area contributed by atoms with Crippen molar-refractivity contribution >= 4 is 23.2 Å². The lowest BCUT2D eigenvalue weighted by atomic mass is 9.57. The summed E-state index contributed by atoms with van der Waals surface area (Å²) in [6.45, 7) is 3.68. The number of aromatic hydroxyl groups is 1. The number of phenolic OH excluding ortho intramolecular Hbond substituents is 1. The number of amides is 1. The van der Waals surface area contributed by atoms with E-state index in [0.29, 0.717) is 6.42 Å². The number of carbonyl (C=O) groups excluding carboxylic acids is 3. The molecule has 222 valence electrons. The van der Waals surface area contributed by atoms with E-state index in [9.17, 15) is 48.0 Å². The third-order valence-electron chi connectivity index (χ3n) is 9.33. The summed E-state index contributed by atoms with van der Waals surface area (Å²) < 4.78 is 44.0. The van der Waals surface area contributed by atoms with Crippen molar-refractivity contribution in [2.24, 2.45) is 17.6 Å². The molecule has 0 unspecified atom stereocenters. The molecule has 4 aliphatic rings. The molecule has 1 aromatic carbocycles. The molecule has 1 saturated carbocycles. The minimum Gasteiger partial charge on any atom is -0.508 e. The van der Waals surface area contributed by atoms with E-state index in [-0.39, 0.29) is 42.2 Å². The van der Waals surface area contributed by atoms with Crippen LogP contribution in [0.1, 0.15) is 54.5 Å². The fourth-order valence-electron chi connectivity index (χ4n) is 7.21. The quantitative estimate of drug-likeness (QED) is 0.336. The van der Waals surface area contributed by atoms with Crippen molar-refractivity contribution in [1.29, 1.82) is 0 Å². The van der Waals surface area contributed by atoms with E-state index in [0.717, 1.165) is 0 Å². The number of hydrogen-bond acceptors (Lipinski definition) is 9. The fraction of sp³-hybridized carbons (Fsp3) is 0.536. The maximum Gasteiger partial charge on any atom is 0.417 e. The lowest BCUT2D eigenvalue weighted by molar-refractivity contribution is -0.153. The second-order valence-corrected chi connectivity index (χ2v) is 11.7. The van der Waals surface area contributed by atoms with Gasteiger partial charge in [0.1, 0.15) is 22.8 Å². The number of aliphatic hydroxyl groups is 3. The molecule has 5 atom stereocenters. The van der Waals surface area contributed by atoms with Crippen LogP contribution in [0.4, 0.5) is 13.2 Å². The topological polar surface area (TPSA) is 165 Å². The Hall–Kier alpha value is -3.42. The number of halogens is 3. The number of carbonyl (C=O) groups is 3. The number of hydrogen-bond donors (Lipinski definition) is 5. The van der Waals surface area contributed by atoms with Crippen LogP contribution in [-0.2, 0) is 40.1 Å². The van der Waals surface area contributed by atoms with Gasteiger partial charge in [-0.05, 0) is 57.3 Å². The molecule has 1 heterocycles. The Morgan fingerprint density at radius 3 is 2.29 bits per heavy atom. The Morgan fingerprint density at radius 2 is 1.76 bits per heavy atom. The summed E-state index contributed by atoms with van der Waals surface area (Å²) >= 11 is 0. The number of ketones is 2. The van der Waals surface area contributed by atoms with E-state index < -0.39 is 93.1 Å². The number of aliphatic hydroxyl groups excluding tert-OH is 2. The number of nitrogens with two attached hydrogens (primary N) is 1. The smallest absolute Gasteiger partial charge is 0.417 e. The Labute approximate surface area is 233 Å². The van der Waals surface area contributed by atoms with Gasteiger partial charge in [-0.3, -0.25) is 24.2 Å². The highest BCUT2D eigenvalue weighted by Crippen LogP contribution is 2.56. The van der Waals surface area contributed by atoms with E-state index in [2.05, 4.69) is 0 Å². The van der Waals surface area contributed by atoms with Gasteiger partial charge in [0.15, 0.2) is 11.4 Å². The molecule has 1 aromatic rings. The SMILES string of the molecule is CC[C@@H](C)N1Cc2c(O)c3c(c(C(F)(F)F)c2C1)C[C@H]1C[C@H]2[C@H](N(C)C)C(=O)C(C(N)=O)=C(O)[C@@]2(O)C(=O)C1=C3O. The first kappa shape index (κ1) is 29.1. The second-order valence-electron chi connectivity index (χ2n) is 11.7. The van der Waals surface area contributed by atoms with Crippen molar-refractivity contribution < 1.29 is 48.0 Å². The van der Waals surface area contributed by atoms with E-state index in [1.54, 1.807) is 4.90 Å². The third kappa shape index (κ3) is 3.85. The van der Waals surface area contributed by atoms with Gasteiger partial charge in [0.25, 0.3) is 5.91 Å². The minimum absolute atomic E-state index is 0.00323. The number of likely N-dealkylation sites (N-methyl/N-ethyl adjacent to an activating group) is 1. The number of phenols is 1. The lowest BCUT2D eigenvalue weighted by Crippen LogP contribution is -2.65. The predicted molar refractivity (Wildman–Crippen MR) is 138 cm³/mol. The van der Waals surface area contributed by atoms with Gasteiger partial charge in [0.2, 0.25) is 5.78 Å². The van der Waals surface area contributed by atoms with Gasteiger partial charge < -0.3 is 26.2 Å². The Bertz CT molecular complexity index is 1460. The van der Waals surface area contributed by atoms with Gasteiger partial charge in [0.05, 0.1) is 17.2 Å². The van der Waals surface area contributed by atoms with Crippen LogP contribution >= 0.6 is 0 Å². The van der Waals surface area contributed by atoms with Crippen LogP contribution in [0.5, 0.6) is 5.75 Å². The minimum atomic E-state index is -4.85. The second kappa shape index (κ2) is 9.30. The lowest BCUT2D eigenvalue weighted by Gasteiger charge is -2.50. The number of primary amides is 1. The van der Waals surface area contributed by atoms with Gasteiger partial charge in [-0.2, -0.15) is 13.2 Å². The van der Waals surface area contributed by atoms with Crippen molar-refractivity contribution in [1.82, 2.24) is 9.80 Å².